The molecule has 0 radical (unpaired) electrons. The standard InChI is InChI=1S/C24H29NO3/c1-27-23-5-4-19(24(26)20-8-11-28-15-20)14-21(23)17-6-9-25(10-7-17)22-13-16-2-3-18(22)12-16/h4-5,8,11,14-18,22H,2-3,6-7,9-10,12-13H2,1H3/t16-,18-,22+/m0/s1. The average molecular weight is 380 g/mol. The maximum absolute atomic E-state index is 12.7. The Labute approximate surface area is 166 Å². The summed E-state index contributed by atoms with van der Waals surface area (Å²) in [5.74, 6) is 3.33. The molecule has 2 saturated carbocycles. The molecule has 5 rings (SSSR count). The number of benzene rings is 1. The lowest BCUT2D eigenvalue weighted by atomic mass is 9.85. The number of furan rings is 1. The fourth-order valence-electron chi connectivity index (χ4n) is 5.96. The van der Waals surface area contributed by atoms with Crippen molar-refractivity contribution in [3.8, 4) is 5.75 Å². The van der Waals surface area contributed by atoms with Gasteiger partial charge in [-0.1, -0.05) is 6.42 Å². The molecule has 3 atom stereocenters. The van der Waals surface area contributed by atoms with Crippen LogP contribution in [-0.2, 0) is 0 Å². The highest BCUT2D eigenvalue weighted by Gasteiger charge is 2.43. The molecule has 1 aromatic heterocycles. The van der Waals surface area contributed by atoms with E-state index in [1.165, 1.54) is 50.6 Å². The minimum Gasteiger partial charge on any atom is -0.496 e. The molecule has 4 nitrogen and oxygen atoms in total. The second kappa shape index (κ2) is 7.40. The number of ether oxygens (including phenoxy) is 1. The van der Waals surface area contributed by atoms with Gasteiger partial charge in [-0.05, 0) is 92.8 Å². The van der Waals surface area contributed by atoms with Gasteiger partial charge in [0.05, 0.1) is 18.9 Å². The fraction of sp³-hybridized carbons (Fsp3) is 0.542. The number of carbonyl (C=O) groups excluding carboxylic acids is 1. The number of nitrogens with zero attached hydrogens (tertiary/aromatic N) is 1. The fourth-order valence-corrected chi connectivity index (χ4v) is 5.96. The number of hydrogen-bond donors (Lipinski definition) is 0. The molecule has 3 fully saturated rings. The van der Waals surface area contributed by atoms with E-state index in [4.69, 9.17) is 9.15 Å². The van der Waals surface area contributed by atoms with E-state index in [-0.39, 0.29) is 5.78 Å². The van der Waals surface area contributed by atoms with E-state index in [9.17, 15) is 4.79 Å². The second-order valence-electron chi connectivity index (χ2n) is 8.85. The van der Waals surface area contributed by atoms with E-state index in [0.29, 0.717) is 17.0 Å². The molecule has 2 bridgehead atoms. The third-order valence-electron chi connectivity index (χ3n) is 7.41. The summed E-state index contributed by atoms with van der Waals surface area (Å²) in [6.45, 7) is 2.34. The third-order valence-corrected chi connectivity index (χ3v) is 7.41. The summed E-state index contributed by atoms with van der Waals surface area (Å²) < 4.78 is 10.7. The lowest BCUT2D eigenvalue weighted by molar-refractivity contribution is 0.103. The van der Waals surface area contributed by atoms with Crippen LogP contribution in [0.15, 0.2) is 41.2 Å². The van der Waals surface area contributed by atoms with Crippen LogP contribution in [0.3, 0.4) is 0 Å². The molecule has 2 aromatic rings. The van der Waals surface area contributed by atoms with E-state index in [0.717, 1.165) is 36.5 Å². The normalized spacial score (nSPS) is 28.0. The van der Waals surface area contributed by atoms with E-state index in [2.05, 4.69) is 4.90 Å². The van der Waals surface area contributed by atoms with Crippen molar-refractivity contribution in [2.24, 2.45) is 11.8 Å². The van der Waals surface area contributed by atoms with Crippen molar-refractivity contribution < 1.29 is 13.9 Å². The number of fused-ring (bicyclic) bond motifs is 2. The Morgan fingerprint density at radius 3 is 2.57 bits per heavy atom. The first-order chi connectivity index (χ1) is 13.7. The Morgan fingerprint density at radius 1 is 1.07 bits per heavy atom. The first-order valence-electron chi connectivity index (χ1n) is 10.7. The smallest absolute Gasteiger partial charge is 0.196 e. The van der Waals surface area contributed by atoms with Gasteiger partial charge in [-0.25, -0.2) is 0 Å². The Balaban J connectivity index is 1.31. The first kappa shape index (κ1) is 18.0. The molecular formula is C24H29NO3. The Morgan fingerprint density at radius 2 is 1.93 bits per heavy atom. The molecular weight excluding hydrogens is 350 g/mol. The van der Waals surface area contributed by atoms with Crippen LogP contribution in [0.2, 0.25) is 0 Å². The Hall–Kier alpha value is -2.07. The summed E-state index contributed by atoms with van der Waals surface area (Å²) in [5, 5.41) is 0. The molecule has 1 saturated heterocycles. The third kappa shape index (κ3) is 3.18. The number of likely N-dealkylation sites (tertiary alicyclic amines) is 1. The minimum atomic E-state index is 0.0112. The van der Waals surface area contributed by atoms with Crippen LogP contribution < -0.4 is 4.74 Å². The summed E-state index contributed by atoms with van der Waals surface area (Å²) in [7, 11) is 1.72. The van der Waals surface area contributed by atoms with E-state index >= 15 is 0 Å². The van der Waals surface area contributed by atoms with Gasteiger partial charge in [-0.2, -0.15) is 0 Å². The summed E-state index contributed by atoms with van der Waals surface area (Å²) in [6, 6.07) is 8.41. The molecule has 2 aliphatic carbocycles. The molecule has 28 heavy (non-hydrogen) atoms. The van der Waals surface area contributed by atoms with Crippen LogP contribution in [0, 0.1) is 11.8 Å². The monoisotopic (exact) mass is 379 g/mol. The number of carbonyl (C=O) groups is 1. The summed E-state index contributed by atoms with van der Waals surface area (Å²) in [6.07, 6.45) is 11.2. The number of methoxy groups -OCH3 is 1. The van der Waals surface area contributed by atoms with Crippen LogP contribution >= 0.6 is 0 Å². The van der Waals surface area contributed by atoms with Gasteiger partial charge in [0.1, 0.15) is 12.0 Å². The molecule has 1 aliphatic heterocycles. The molecule has 0 unspecified atom stereocenters. The zero-order valence-corrected chi connectivity index (χ0v) is 16.6. The van der Waals surface area contributed by atoms with Gasteiger partial charge in [0, 0.05) is 11.6 Å². The molecule has 0 amide bonds. The van der Waals surface area contributed by atoms with E-state index in [1.807, 2.05) is 18.2 Å². The Kier molecular flexibility index (Phi) is 4.75. The van der Waals surface area contributed by atoms with Gasteiger partial charge in [-0.3, -0.25) is 4.79 Å². The van der Waals surface area contributed by atoms with Crippen molar-refractivity contribution in [2.75, 3.05) is 20.2 Å². The van der Waals surface area contributed by atoms with E-state index in [1.54, 1.807) is 19.4 Å². The number of ketones is 1. The van der Waals surface area contributed by atoms with Crippen molar-refractivity contribution in [1.29, 1.82) is 0 Å². The maximum Gasteiger partial charge on any atom is 0.196 e. The van der Waals surface area contributed by atoms with Gasteiger partial charge >= 0.3 is 0 Å². The molecule has 0 spiro atoms. The molecule has 2 heterocycles. The average Bonchev–Trinajstić information content (AvgIpc) is 3.51. The van der Waals surface area contributed by atoms with Crippen molar-refractivity contribution in [3.05, 3.63) is 53.5 Å². The largest absolute Gasteiger partial charge is 0.496 e. The van der Waals surface area contributed by atoms with Gasteiger partial charge in [-0.15, -0.1) is 0 Å². The SMILES string of the molecule is COc1ccc(C(=O)c2ccoc2)cc1C1CCN([C@@H]2C[C@H]3CC[C@H]2C3)CC1. The van der Waals surface area contributed by atoms with Gasteiger partial charge in [0.15, 0.2) is 5.78 Å². The van der Waals surface area contributed by atoms with Gasteiger partial charge in [0.25, 0.3) is 0 Å². The van der Waals surface area contributed by atoms with Crippen LogP contribution in [0.25, 0.3) is 0 Å². The zero-order valence-electron chi connectivity index (χ0n) is 16.6. The van der Waals surface area contributed by atoms with Crippen molar-refractivity contribution in [1.82, 2.24) is 4.90 Å². The number of hydrogen-bond acceptors (Lipinski definition) is 4. The quantitative estimate of drug-likeness (QED) is 0.694. The topological polar surface area (TPSA) is 42.7 Å². The summed E-state index contributed by atoms with van der Waals surface area (Å²) in [4.78, 5) is 15.5. The van der Waals surface area contributed by atoms with Crippen molar-refractivity contribution >= 4 is 5.78 Å². The highest BCUT2D eigenvalue weighted by Crippen LogP contribution is 2.48. The van der Waals surface area contributed by atoms with Crippen LogP contribution in [0.1, 0.15) is 65.9 Å². The minimum absolute atomic E-state index is 0.0112. The molecule has 0 N–H and O–H groups in total. The van der Waals surface area contributed by atoms with Crippen molar-refractivity contribution in [2.45, 2.75) is 50.5 Å². The lowest BCUT2D eigenvalue weighted by Crippen LogP contribution is -2.43. The van der Waals surface area contributed by atoms with Gasteiger partial charge in [0.2, 0.25) is 0 Å². The molecule has 1 aromatic carbocycles. The van der Waals surface area contributed by atoms with Crippen LogP contribution in [0.5, 0.6) is 5.75 Å². The highest BCUT2D eigenvalue weighted by atomic mass is 16.5. The summed E-state index contributed by atoms with van der Waals surface area (Å²) >= 11 is 0. The maximum atomic E-state index is 12.7. The predicted molar refractivity (Wildman–Crippen MR) is 108 cm³/mol. The van der Waals surface area contributed by atoms with Crippen molar-refractivity contribution in [3.63, 3.8) is 0 Å². The Bertz CT molecular complexity index is 836. The second-order valence-corrected chi connectivity index (χ2v) is 8.85. The number of piperidine rings is 1. The molecule has 4 heteroatoms. The summed E-state index contributed by atoms with van der Waals surface area (Å²) in [5.41, 5.74) is 2.50. The zero-order chi connectivity index (χ0) is 19.1. The molecule has 148 valence electrons. The highest BCUT2D eigenvalue weighted by molar-refractivity contribution is 6.08. The van der Waals surface area contributed by atoms with Gasteiger partial charge < -0.3 is 14.1 Å². The number of rotatable bonds is 5. The molecule has 3 aliphatic rings. The predicted octanol–water partition coefficient (Wildman–Crippen LogP) is 4.89. The van der Waals surface area contributed by atoms with Crippen LogP contribution in [0.4, 0.5) is 0 Å². The first-order valence-corrected chi connectivity index (χ1v) is 10.7. The lowest BCUT2D eigenvalue weighted by Gasteiger charge is -2.40. The van der Waals surface area contributed by atoms with Crippen LogP contribution in [-0.4, -0.2) is 36.9 Å². The van der Waals surface area contributed by atoms with E-state index < -0.39 is 0 Å².